The van der Waals surface area contributed by atoms with Gasteiger partial charge in [0.1, 0.15) is 10.6 Å². The quantitative estimate of drug-likeness (QED) is 0.705. The van der Waals surface area contributed by atoms with Gasteiger partial charge in [0.15, 0.2) is 0 Å². The van der Waals surface area contributed by atoms with E-state index in [2.05, 4.69) is 28.3 Å². The molecular weight excluding hydrogens is 266 g/mol. The van der Waals surface area contributed by atoms with Gasteiger partial charge in [0.25, 0.3) is 0 Å². The van der Waals surface area contributed by atoms with Crippen LogP contribution in [0.1, 0.15) is 5.56 Å². The van der Waals surface area contributed by atoms with Gasteiger partial charge in [-0.1, -0.05) is 18.2 Å². The fourth-order valence-corrected chi connectivity index (χ4v) is 2.75. The minimum atomic E-state index is 0.265. The van der Waals surface area contributed by atoms with Crippen molar-refractivity contribution in [2.24, 2.45) is 0 Å². The molecule has 1 N–H and O–H groups in total. The lowest BCUT2D eigenvalue weighted by molar-refractivity contribution is 1.23. The van der Waals surface area contributed by atoms with Gasteiger partial charge in [-0.05, 0) is 41.6 Å². The summed E-state index contributed by atoms with van der Waals surface area (Å²) in [7, 11) is 0. The topological polar surface area (TPSA) is 37.8 Å². The van der Waals surface area contributed by atoms with Crippen molar-refractivity contribution in [1.29, 1.82) is 0 Å². The van der Waals surface area contributed by atoms with Gasteiger partial charge >= 0.3 is 0 Å². The second-order valence-electron chi connectivity index (χ2n) is 3.92. The highest BCUT2D eigenvalue weighted by Gasteiger charge is 2.08. The normalized spacial score (nSPS) is 10.8. The van der Waals surface area contributed by atoms with Crippen molar-refractivity contribution in [1.82, 2.24) is 9.97 Å². The molecule has 0 saturated carbocycles. The lowest BCUT2D eigenvalue weighted by Gasteiger charge is -2.09. The number of aryl methyl sites for hydroxylation is 1. The Morgan fingerprint density at radius 1 is 1.17 bits per heavy atom. The maximum absolute atomic E-state index is 5.93. The zero-order valence-electron chi connectivity index (χ0n) is 9.64. The molecule has 5 heteroatoms. The number of thiophene rings is 1. The zero-order chi connectivity index (χ0) is 12.5. The average molecular weight is 276 g/mol. The van der Waals surface area contributed by atoms with E-state index < -0.39 is 0 Å². The first-order valence-electron chi connectivity index (χ1n) is 5.47. The summed E-state index contributed by atoms with van der Waals surface area (Å²) in [5.41, 5.74) is 2.19. The molecule has 18 heavy (non-hydrogen) atoms. The number of para-hydroxylation sites is 1. The monoisotopic (exact) mass is 275 g/mol. The Labute approximate surface area is 113 Å². The number of benzene rings is 1. The number of rotatable bonds is 2. The Kier molecular flexibility index (Phi) is 2.89. The number of nitrogens with one attached hydrogen (secondary N) is 1. The summed E-state index contributed by atoms with van der Waals surface area (Å²) in [5.74, 6) is 0.751. The molecule has 0 saturated heterocycles. The Hall–Kier alpha value is -1.65. The molecule has 2 aromatic heterocycles. The van der Waals surface area contributed by atoms with Crippen LogP contribution in [0.15, 0.2) is 35.7 Å². The molecule has 0 bridgehead atoms. The highest BCUT2D eigenvalue weighted by molar-refractivity contribution is 7.16. The van der Waals surface area contributed by atoms with Crippen LogP contribution < -0.4 is 5.32 Å². The largest absolute Gasteiger partial charge is 0.339 e. The van der Waals surface area contributed by atoms with E-state index in [1.54, 1.807) is 11.3 Å². The van der Waals surface area contributed by atoms with Crippen molar-refractivity contribution in [2.75, 3.05) is 5.32 Å². The summed E-state index contributed by atoms with van der Waals surface area (Å²) in [4.78, 5) is 9.35. The van der Waals surface area contributed by atoms with Gasteiger partial charge < -0.3 is 5.32 Å². The number of aromatic nitrogens is 2. The first-order chi connectivity index (χ1) is 8.74. The number of hydrogen-bond donors (Lipinski definition) is 1. The van der Waals surface area contributed by atoms with Crippen molar-refractivity contribution in [2.45, 2.75) is 6.92 Å². The van der Waals surface area contributed by atoms with Gasteiger partial charge in [-0.3, -0.25) is 0 Å². The summed E-state index contributed by atoms with van der Waals surface area (Å²) in [5, 5.41) is 6.56. The van der Waals surface area contributed by atoms with E-state index in [9.17, 15) is 0 Å². The number of anilines is 2. The Morgan fingerprint density at radius 3 is 2.83 bits per heavy atom. The van der Waals surface area contributed by atoms with Gasteiger partial charge in [-0.2, -0.15) is 4.98 Å². The molecule has 1 aromatic carbocycles. The molecule has 0 fully saturated rings. The van der Waals surface area contributed by atoms with Crippen LogP contribution in [0, 0.1) is 6.92 Å². The lowest BCUT2D eigenvalue weighted by Crippen LogP contribution is -1.97. The van der Waals surface area contributed by atoms with Crippen LogP contribution in [0.2, 0.25) is 5.28 Å². The predicted octanol–water partition coefficient (Wildman–Crippen LogP) is 4.40. The number of hydrogen-bond acceptors (Lipinski definition) is 4. The third-order valence-corrected chi connectivity index (χ3v) is 3.67. The van der Waals surface area contributed by atoms with Crippen LogP contribution in [0.5, 0.6) is 0 Å². The van der Waals surface area contributed by atoms with E-state index >= 15 is 0 Å². The molecule has 3 rings (SSSR count). The molecule has 90 valence electrons. The lowest BCUT2D eigenvalue weighted by atomic mass is 10.2. The molecule has 0 atom stereocenters. The van der Waals surface area contributed by atoms with Gasteiger partial charge in [0.05, 0.1) is 5.39 Å². The van der Waals surface area contributed by atoms with E-state index in [-0.39, 0.29) is 5.28 Å². The second kappa shape index (κ2) is 4.55. The third-order valence-electron chi connectivity index (χ3n) is 2.70. The summed E-state index contributed by atoms with van der Waals surface area (Å²) < 4.78 is 0. The van der Waals surface area contributed by atoms with Crippen molar-refractivity contribution >= 4 is 44.7 Å². The first kappa shape index (κ1) is 11.4. The molecule has 2 heterocycles. The fraction of sp³-hybridized carbons (Fsp3) is 0.0769. The van der Waals surface area contributed by atoms with E-state index in [0.29, 0.717) is 0 Å². The Bertz CT molecular complexity index is 708. The van der Waals surface area contributed by atoms with Crippen LogP contribution in [0.4, 0.5) is 11.5 Å². The molecule has 3 nitrogen and oxygen atoms in total. The second-order valence-corrected chi connectivity index (χ2v) is 5.15. The maximum atomic E-state index is 5.93. The molecule has 0 aliphatic carbocycles. The number of nitrogens with zero attached hydrogens (tertiary/aromatic N) is 2. The first-order valence-corrected chi connectivity index (χ1v) is 6.73. The van der Waals surface area contributed by atoms with Gasteiger partial charge in [0, 0.05) is 5.69 Å². The van der Waals surface area contributed by atoms with Crippen molar-refractivity contribution in [3.05, 3.63) is 46.6 Å². The van der Waals surface area contributed by atoms with Crippen LogP contribution in [-0.2, 0) is 0 Å². The number of fused-ring (bicyclic) bond motifs is 1. The fourth-order valence-electron chi connectivity index (χ4n) is 1.77. The van der Waals surface area contributed by atoms with E-state index in [1.165, 1.54) is 0 Å². The molecule has 0 amide bonds. The molecule has 0 aliphatic heterocycles. The third kappa shape index (κ3) is 2.05. The van der Waals surface area contributed by atoms with Crippen LogP contribution in [-0.4, -0.2) is 9.97 Å². The summed E-state index contributed by atoms with van der Waals surface area (Å²) in [6.07, 6.45) is 0. The Morgan fingerprint density at radius 2 is 2.00 bits per heavy atom. The van der Waals surface area contributed by atoms with E-state index in [0.717, 1.165) is 27.3 Å². The number of halogens is 1. The van der Waals surface area contributed by atoms with E-state index in [4.69, 9.17) is 11.6 Å². The maximum Gasteiger partial charge on any atom is 0.225 e. The average Bonchev–Trinajstić information content (AvgIpc) is 2.80. The van der Waals surface area contributed by atoms with E-state index in [1.807, 2.05) is 29.6 Å². The molecule has 0 aliphatic rings. The zero-order valence-corrected chi connectivity index (χ0v) is 11.2. The van der Waals surface area contributed by atoms with Crippen LogP contribution >= 0.6 is 22.9 Å². The minimum absolute atomic E-state index is 0.265. The highest BCUT2D eigenvalue weighted by Crippen LogP contribution is 2.29. The summed E-state index contributed by atoms with van der Waals surface area (Å²) in [6.45, 7) is 2.05. The van der Waals surface area contributed by atoms with Crippen molar-refractivity contribution in [3.63, 3.8) is 0 Å². The standard InChI is InChI=1S/C13H10ClN3S/c1-8-4-2-3-5-10(8)15-11-9-6-7-18-12(9)17-13(14)16-11/h2-7H,1H3,(H,15,16,17). The van der Waals surface area contributed by atoms with Gasteiger partial charge in [0.2, 0.25) is 5.28 Å². The van der Waals surface area contributed by atoms with Crippen molar-refractivity contribution in [3.8, 4) is 0 Å². The molecular formula is C13H10ClN3S. The molecule has 0 spiro atoms. The van der Waals surface area contributed by atoms with Crippen molar-refractivity contribution < 1.29 is 0 Å². The summed E-state index contributed by atoms with van der Waals surface area (Å²) >= 11 is 7.49. The van der Waals surface area contributed by atoms with Crippen LogP contribution in [0.25, 0.3) is 10.2 Å². The molecule has 0 radical (unpaired) electrons. The summed E-state index contributed by atoms with van der Waals surface area (Å²) in [6, 6.07) is 10.1. The van der Waals surface area contributed by atoms with Gasteiger partial charge in [-0.25, -0.2) is 4.98 Å². The molecule has 0 unspecified atom stereocenters. The minimum Gasteiger partial charge on any atom is -0.339 e. The smallest absolute Gasteiger partial charge is 0.225 e. The predicted molar refractivity (Wildman–Crippen MR) is 76.9 cm³/mol. The SMILES string of the molecule is Cc1ccccc1Nc1nc(Cl)nc2sccc12. The van der Waals surface area contributed by atoms with Gasteiger partial charge in [-0.15, -0.1) is 11.3 Å². The Balaban J connectivity index is 2.10. The highest BCUT2D eigenvalue weighted by atomic mass is 35.5. The molecule has 3 aromatic rings. The van der Waals surface area contributed by atoms with Crippen LogP contribution in [0.3, 0.4) is 0 Å².